The number of hydrogen-bond donors (Lipinski definition) is 1. The Balaban J connectivity index is 1.42. The standard InChI is InChI=1S/C25H22N4O4S/c1-16-18(25-27-20-6-2-3-8-23(20)34-25)5-4-7-19(16)26-24(30)17-9-10-21(22(15-17)29(31)32)28-11-13-33-14-12-28/h2-10,15H,11-14H2,1H3,(H,26,30). The summed E-state index contributed by atoms with van der Waals surface area (Å²) in [6, 6.07) is 18.2. The van der Waals surface area contributed by atoms with Gasteiger partial charge in [-0.2, -0.15) is 0 Å². The topological polar surface area (TPSA) is 97.6 Å². The molecule has 0 unspecified atom stereocenters. The van der Waals surface area contributed by atoms with Crippen molar-refractivity contribution in [3.63, 3.8) is 0 Å². The van der Waals surface area contributed by atoms with E-state index in [0.717, 1.165) is 26.4 Å². The Hall–Kier alpha value is -3.82. The zero-order valence-electron chi connectivity index (χ0n) is 18.5. The fourth-order valence-corrected chi connectivity index (χ4v) is 5.12. The summed E-state index contributed by atoms with van der Waals surface area (Å²) in [6.45, 7) is 4.11. The molecule has 34 heavy (non-hydrogen) atoms. The van der Waals surface area contributed by atoms with Crippen LogP contribution in [-0.4, -0.2) is 42.1 Å². The van der Waals surface area contributed by atoms with E-state index in [1.165, 1.54) is 6.07 Å². The first-order valence-electron chi connectivity index (χ1n) is 10.9. The highest BCUT2D eigenvalue weighted by molar-refractivity contribution is 7.21. The predicted octanol–water partition coefficient (Wildman–Crippen LogP) is 5.27. The molecular weight excluding hydrogens is 452 g/mol. The second kappa shape index (κ2) is 9.20. The highest BCUT2D eigenvalue weighted by Gasteiger charge is 2.23. The first-order chi connectivity index (χ1) is 16.5. The minimum Gasteiger partial charge on any atom is -0.378 e. The van der Waals surface area contributed by atoms with Crippen molar-refractivity contribution in [3.05, 3.63) is 81.9 Å². The third kappa shape index (κ3) is 4.23. The van der Waals surface area contributed by atoms with Crippen LogP contribution in [0, 0.1) is 17.0 Å². The Morgan fingerprint density at radius 1 is 1.12 bits per heavy atom. The van der Waals surface area contributed by atoms with Crippen molar-refractivity contribution in [2.45, 2.75) is 6.92 Å². The molecule has 172 valence electrons. The number of thiazole rings is 1. The maximum Gasteiger partial charge on any atom is 0.293 e. The van der Waals surface area contributed by atoms with Crippen LogP contribution in [0.25, 0.3) is 20.8 Å². The van der Waals surface area contributed by atoms with Gasteiger partial charge in [0.15, 0.2) is 0 Å². The van der Waals surface area contributed by atoms with E-state index in [0.29, 0.717) is 37.7 Å². The van der Waals surface area contributed by atoms with E-state index in [-0.39, 0.29) is 11.3 Å². The Labute approximate surface area is 200 Å². The lowest BCUT2D eigenvalue weighted by Gasteiger charge is -2.28. The van der Waals surface area contributed by atoms with Crippen molar-refractivity contribution in [2.75, 3.05) is 36.5 Å². The molecule has 0 saturated carbocycles. The summed E-state index contributed by atoms with van der Waals surface area (Å²) in [4.78, 5) is 31.0. The Morgan fingerprint density at radius 2 is 1.91 bits per heavy atom. The third-order valence-corrected chi connectivity index (χ3v) is 6.96. The van der Waals surface area contributed by atoms with Gasteiger partial charge < -0.3 is 15.0 Å². The second-order valence-corrected chi connectivity index (χ2v) is 9.01. The van der Waals surface area contributed by atoms with Gasteiger partial charge in [0.2, 0.25) is 0 Å². The number of anilines is 2. The predicted molar refractivity (Wildman–Crippen MR) is 134 cm³/mol. The fraction of sp³-hybridized carbons (Fsp3) is 0.200. The Bertz CT molecular complexity index is 1360. The average Bonchev–Trinajstić information content (AvgIpc) is 3.29. The lowest BCUT2D eigenvalue weighted by atomic mass is 10.1. The second-order valence-electron chi connectivity index (χ2n) is 7.98. The van der Waals surface area contributed by atoms with Crippen LogP contribution < -0.4 is 10.2 Å². The largest absolute Gasteiger partial charge is 0.378 e. The molecule has 1 fully saturated rings. The van der Waals surface area contributed by atoms with Gasteiger partial charge in [-0.05, 0) is 42.8 Å². The average molecular weight is 475 g/mol. The first-order valence-corrected chi connectivity index (χ1v) is 11.7. The zero-order valence-corrected chi connectivity index (χ0v) is 19.3. The van der Waals surface area contributed by atoms with E-state index in [2.05, 4.69) is 5.32 Å². The molecule has 9 heteroatoms. The molecule has 5 rings (SSSR count). The van der Waals surface area contributed by atoms with Crippen molar-refractivity contribution in [3.8, 4) is 10.6 Å². The van der Waals surface area contributed by atoms with Gasteiger partial charge in [-0.15, -0.1) is 11.3 Å². The molecule has 0 atom stereocenters. The number of aromatic nitrogens is 1. The van der Waals surface area contributed by atoms with Crippen LogP contribution in [0.4, 0.5) is 17.1 Å². The van der Waals surface area contributed by atoms with Crippen LogP contribution >= 0.6 is 11.3 Å². The monoisotopic (exact) mass is 474 g/mol. The number of carbonyl (C=O) groups is 1. The van der Waals surface area contributed by atoms with E-state index in [9.17, 15) is 14.9 Å². The number of hydrogen-bond acceptors (Lipinski definition) is 7. The Kier molecular flexibility index (Phi) is 5.95. The zero-order chi connectivity index (χ0) is 23.7. The molecule has 8 nitrogen and oxygen atoms in total. The number of nitro groups is 1. The van der Waals surface area contributed by atoms with Crippen molar-refractivity contribution in [1.29, 1.82) is 0 Å². The molecule has 3 aromatic carbocycles. The number of carbonyl (C=O) groups excluding carboxylic acids is 1. The molecule has 0 bridgehead atoms. The lowest BCUT2D eigenvalue weighted by molar-refractivity contribution is -0.384. The van der Waals surface area contributed by atoms with Gasteiger partial charge in [-0.1, -0.05) is 24.3 Å². The molecule has 1 aromatic heterocycles. The quantitative estimate of drug-likeness (QED) is 0.313. The number of morpholine rings is 1. The summed E-state index contributed by atoms with van der Waals surface area (Å²) < 4.78 is 6.44. The van der Waals surface area contributed by atoms with Crippen LogP contribution in [-0.2, 0) is 4.74 Å². The summed E-state index contributed by atoms with van der Waals surface area (Å²) in [5.41, 5.74) is 4.04. The van der Waals surface area contributed by atoms with Crippen LogP contribution in [0.1, 0.15) is 15.9 Å². The fourth-order valence-electron chi connectivity index (χ4n) is 4.07. The minimum absolute atomic E-state index is 0.0884. The van der Waals surface area contributed by atoms with E-state index in [1.54, 1.807) is 23.5 Å². The molecule has 1 aliphatic rings. The number of fused-ring (bicyclic) bond motifs is 1. The number of rotatable bonds is 5. The maximum atomic E-state index is 13.0. The van der Waals surface area contributed by atoms with Crippen LogP contribution in [0.2, 0.25) is 0 Å². The molecule has 1 aliphatic heterocycles. The van der Waals surface area contributed by atoms with E-state index >= 15 is 0 Å². The SMILES string of the molecule is Cc1c(NC(=O)c2ccc(N3CCOCC3)c([N+](=O)[O-])c2)cccc1-c1nc2ccccc2s1. The number of ether oxygens (including phenoxy) is 1. The number of nitro benzene ring substituents is 1. The van der Waals surface area contributed by atoms with Gasteiger partial charge in [0, 0.05) is 36.0 Å². The van der Waals surface area contributed by atoms with Gasteiger partial charge in [-0.3, -0.25) is 14.9 Å². The summed E-state index contributed by atoms with van der Waals surface area (Å²) >= 11 is 1.60. The van der Waals surface area contributed by atoms with Gasteiger partial charge in [0.25, 0.3) is 11.6 Å². The van der Waals surface area contributed by atoms with Gasteiger partial charge >= 0.3 is 0 Å². The van der Waals surface area contributed by atoms with E-state index in [1.807, 2.05) is 54.3 Å². The van der Waals surface area contributed by atoms with Gasteiger partial charge in [-0.25, -0.2) is 4.98 Å². The highest BCUT2D eigenvalue weighted by atomic mass is 32.1. The summed E-state index contributed by atoms with van der Waals surface area (Å²) in [7, 11) is 0. The summed E-state index contributed by atoms with van der Waals surface area (Å²) in [5, 5.41) is 15.5. The molecule has 1 amide bonds. The summed E-state index contributed by atoms with van der Waals surface area (Å²) in [5.74, 6) is -0.402. The normalized spacial score (nSPS) is 13.7. The van der Waals surface area contributed by atoms with Gasteiger partial charge in [0.05, 0.1) is 28.4 Å². The molecular formula is C25H22N4O4S. The number of amides is 1. The Morgan fingerprint density at radius 3 is 2.68 bits per heavy atom. The number of para-hydroxylation sites is 1. The van der Waals surface area contributed by atoms with Gasteiger partial charge in [0.1, 0.15) is 10.7 Å². The lowest BCUT2D eigenvalue weighted by Crippen LogP contribution is -2.36. The van der Waals surface area contributed by atoms with Crippen molar-refractivity contribution >= 4 is 44.5 Å². The van der Waals surface area contributed by atoms with Crippen LogP contribution in [0.15, 0.2) is 60.7 Å². The van der Waals surface area contributed by atoms with Crippen LogP contribution in [0.5, 0.6) is 0 Å². The highest BCUT2D eigenvalue weighted by Crippen LogP contribution is 2.35. The third-order valence-electron chi connectivity index (χ3n) is 5.89. The van der Waals surface area contributed by atoms with E-state index < -0.39 is 10.8 Å². The maximum absolute atomic E-state index is 13.0. The van der Waals surface area contributed by atoms with Crippen molar-refractivity contribution < 1.29 is 14.5 Å². The minimum atomic E-state index is -0.444. The van der Waals surface area contributed by atoms with E-state index in [4.69, 9.17) is 9.72 Å². The number of nitrogens with zero attached hydrogens (tertiary/aromatic N) is 3. The number of benzene rings is 3. The first kappa shape index (κ1) is 22.0. The molecule has 4 aromatic rings. The molecule has 1 N–H and O–H groups in total. The number of nitrogens with one attached hydrogen (secondary N) is 1. The molecule has 1 saturated heterocycles. The molecule has 2 heterocycles. The molecule has 0 spiro atoms. The van der Waals surface area contributed by atoms with Crippen LogP contribution in [0.3, 0.4) is 0 Å². The summed E-state index contributed by atoms with van der Waals surface area (Å²) in [6.07, 6.45) is 0. The van der Waals surface area contributed by atoms with Crippen molar-refractivity contribution in [2.24, 2.45) is 0 Å². The molecule has 0 aliphatic carbocycles. The van der Waals surface area contributed by atoms with Crippen molar-refractivity contribution in [1.82, 2.24) is 4.98 Å². The molecule has 0 radical (unpaired) electrons. The smallest absolute Gasteiger partial charge is 0.293 e.